The Morgan fingerprint density at radius 2 is 1.39 bits per heavy atom. The van der Waals surface area contributed by atoms with E-state index in [1.807, 2.05) is 60.7 Å². The van der Waals surface area contributed by atoms with Gasteiger partial charge in [-0.25, -0.2) is 0 Å². The van der Waals surface area contributed by atoms with Crippen LogP contribution in [0.25, 0.3) is 0 Å². The minimum Gasteiger partial charge on any atom is -0.453 e. The number of nitrogens with two attached hydrogens (primary N) is 2. The van der Waals surface area contributed by atoms with Crippen LogP contribution in [0.2, 0.25) is 0 Å². The van der Waals surface area contributed by atoms with E-state index in [9.17, 15) is 9.59 Å². The summed E-state index contributed by atoms with van der Waals surface area (Å²) in [5, 5.41) is 0. The summed E-state index contributed by atoms with van der Waals surface area (Å²) in [6, 6.07) is 18.1. The molecule has 0 saturated heterocycles. The Bertz CT molecular complexity index is 604. The first-order valence-electron chi connectivity index (χ1n) is 7.42. The molecule has 0 saturated carbocycles. The highest BCUT2D eigenvalue weighted by molar-refractivity contribution is 5.80. The second kappa shape index (κ2) is 8.10. The number of carbonyl (C=O) groups excluding carboxylic acids is 2. The molecule has 0 heterocycles. The van der Waals surface area contributed by atoms with Gasteiger partial charge in [0, 0.05) is 6.42 Å². The predicted octanol–water partition coefficient (Wildman–Crippen LogP) is 1.91. The molecule has 23 heavy (non-hydrogen) atoms. The van der Waals surface area contributed by atoms with Gasteiger partial charge < -0.3 is 16.2 Å². The van der Waals surface area contributed by atoms with Crippen molar-refractivity contribution in [2.24, 2.45) is 11.5 Å². The Labute approximate surface area is 135 Å². The molecule has 5 heteroatoms. The first-order valence-corrected chi connectivity index (χ1v) is 7.42. The lowest BCUT2D eigenvalue weighted by Gasteiger charge is -2.19. The molecule has 5 nitrogen and oxygen atoms in total. The van der Waals surface area contributed by atoms with Crippen LogP contribution in [0.15, 0.2) is 60.7 Å². The van der Waals surface area contributed by atoms with Crippen LogP contribution < -0.4 is 11.5 Å². The van der Waals surface area contributed by atoms with Gasteiger partial charge in [-0.1, -0.05) is 60.7 Å². The van der Waals surface area contributed by atoms with Crippen LogP contribution in [0.5, 0.6) is 0 Å². The summed E-state index contributed by atoms with van der Waals surface area (Å²) >= 11 is 0. The van der Waals surface area contributed by atoms with E-state index < -0.39 is 24.0 Å². The van der Waals surface area contributed by atoms with Crippen molar-refractivity contribution in [1.29, 1.82) is 0 Å². The van der Waals surface area contributed by atoms with Gasteiger partial charge >= 0.3 is 5.97 Å². The van der Waals surface area contributed by atoms with Crippen LogP contribution in [0.3, 0.4) is 0 Å². The minimum absolute atomic E-state index is 0.0419. The monoisotopic (exact) mass is 312 g/mol. The lowest BCUT2D eigenvalue weighted by atomic mass is 10.0. The van der Waals surface area contributed by atoms with Crippen LogP contribution >= 0.6 is 0 Å². The highest BCUT2D eigenvalue weighted by Crippen LogP contribution is 2.26. The van der Waals surface area contributed by atoms with E-state index in [0.717, 1.165) is 11.1 Å². The fourth-order valence-corrected chi connectivity index (χ4v) is 2.19. The largest absolute Gasteiger partial charge is 0.453 e. The zero-order chi connectivity index (χ0) is 16.7. The van der Waals surface area contributed by atoms with E-state index in [1.165, 1.54) is 0 Å². The summed E-state index contributed by atoms with van der Waals surface area (Å²) in [5.74, 6) is -1.04. The Kier molecular flexibility index (Phi) is 5.88. The van der Waals surface area contributed by atoms with Crippen molar-refractivity contribution in [1.82, 2.24) is 0 Å². The molecule has 1 atom stereocenters. The number of rotatable bonds is 7. The van der Waals surface area contributed by atoms with Crippen LogP contribution in [-0.2, 0) is 14.3 Å². The third-order valence-electron chi connectivity index (χ3n) is 3.48. The maximum Gasteiger partial charge on any atom is 0.306 e. The van der Waals surface area contributed by atoms with Crippen LogP contribution in [-0.4, -0.2) is 17.9 Å². The first-order chi connectivity index (χ1) is 11.1. The Morgan fingerprint density at radius 1 is 0.913 bits per heavy atom. The molecular weight excluding hydrogens is 292 g/mol. The van der Waals surface area contributed by atoms with Crippen molar-refractivity contribution < 1.29 is 14.3 Å². The van der Waals surface area contributed by atoms with Gasteiger partial charge in [0.1, 0.15) is 0 Å². The van der Waals surface area contributed by atoms with Gasteiger partial charge in [-0.05, 0) is 17.5 Å². The van der Waals surface area contributed by atoms with Crippen molar-refractivity contribution in [3.05, 3.63) is 71.8 Å². The van der Waals surface area contributed by atoms with Gasteiger partial charge in [0.05, 0.1) is 6.04 Å². The number of hydrogen-bond acceptors (Lipinski definition) is 4. The van der Waals surface area contributed by atoms with E-state index in [1.54, 1.807) is 0 Å². The Balaban J connectivity index is 2.10. The molecule has 0 aliphatic carbocycles. The van der Waals surface area contributed by atoms with Crippen molar-refractivity contribution in [2.75, 3.05) is 0 Å². The number of primary amides is 1. The lowest BCUT2D eigenvalue weighted by Crippen LogP contribution is -2.36. The number of amides is 1. The minimum atomic E-state index is -0.838. The molecule has 0 aliphatic heterocycles. The highest BCUT2D eigenvalue weighted by Gasteiger charge is 2.20. The zero-order valence-corrected chi connectivity index (χ0v) is 12.7. The van der Waals surface area contributed by atoms with E-state index in [2.05, 4.69) is 0 Å². The average molecular weight is 312 g/mol. The second-order valence-corrected chi connectivity index (χ2v) is 5.24. The third-order valence-corrected chi connectivity index (χ3v) is 3.48. The Hall–Kier alpha value is -2.66. The smallest absolute Gasteiger partial charge is 0.306 e. The normalized spacial score (nSPS) is 11.9. The third kappa shape index (κ3) is 4.93. The first kappa shape index (κ1) is 16.7. The number of esters is 1. The number of carbonyl (C=O) groups is 2. The predicted molar refractivity (Wildman–Crippen MR) is 87.2 cm³/mol. The lowest BCUT2D eigenvalue weighted by molar-refractivity contribution is -0.147. The molecule has 0 bridgehead atoms. The fraction of sp³-hybridized carbons (Fsp3) is 0.222. The van der Waals surface area contributed by atoms with Crippen LogP contribution in [0.4, 0.5) is 0 Å². The maximum atomic E-state index is 12.1. The summed E-state index contributed by atoms with van der Waals surface area (Å²) in [4.78, 5) is 23.0. The average Bonchev–Trinajstić information content (AvgIpc) is 2.59. The SMILES string of the molecule is NC(=O)[C@@H](N)CCC(=O)OC(c1ccccc1)c1ccccc1. The highest BCUT2D eigenvalue weighted by atomic mass is 16.5. The van der Waals surface area contributed by atoms with E-state index in [0.29, 0.717) is 0 Å². The van der Waals surface area contributed by atoms with Crippen LogP contribution in [0, 0.1) is 0 Å². The van der Waals surface area contributed by atoms with Gasteiger partial charge in [-0.3, -0.25) is 9.59 Å². The molecule has 2 aromatic rings. The zero-order valence-electron chi connectivity index (χ0n) is 12.7. The van der Waals surface area contributed by atoms with Gasteiger partial charge in [0.25, 0.3) is 0 Å². The molecule has 0 aromatic heterocycles. The van der Waals surface area contributed by atoms with E-state index >= 15 is 0 Å². The Morgan fingerprint density at radius 3 is 1.83 bits per heavy atom. The quantitative estimate of drug-likeness (QED) is 0.763. The van der Waals surface area contributed by atoms with Crippen molar-refractivity contribution in [3.63, 3.8) is 0 Å². The summed E-state index contributed by atoms with van der Waals surface area (Å²) in [5.41, 5.74) is 12.4. The number of ether oxygens (including phenoxy) is 1. The fourth-order valence-electron chi connectivity index (χ4n) is 2.19. The molecule has 0 unspecified atom stereocenters. The van der Waals surface area contributed by atoms with Crippen molar-refractivity contribution in [2.45, 2.75) is 25.0 Å². The standard InChI is InChI=1S/C18H20N2O3/c19-15(18(20)22)11-12-16(21)23-17(13-7-3-1-4-8-13)14-9-5-2-6-10-14/h1-10,15,17H,11-12,19H2,(H2,20,22)/t15-/m0/s1. The van der Waals surface area contributed by atoms with Gasteiger partial charge in [0.2, 0.25) is 5.91 Å². The summed E-state index contributed by atoms with van der Waals surface area (Å²) in [7, 11) is 0. The molecule has 0 aliphatic rings. The molecule has 0 fully saturated rings. The van der Waals surface area contributed by atoms with Crippen LogP contribution in [0.1, 0.15) is 30.1 Å². The summed E-state index contributed by atoms with van der Waals surface area (Å²) < 4.78 is 5.61. The van der Waals surface area contributed by atoms with E-state index in [-0.39, 0.29) is 12.8 Å². The van der Waals surface area contributed by atoms with Gasteiger partial charge in [-0.2, -0.15) is 0 Å². The van der Waals surface area contributed by atoms with Gasteiger partial charge in [-0.15, -0.1) is 0 Å². The van der Waals surface area contributed by atoms with E-state index in [4.69, 9.17) is 16.2 Å². The molecule has 2 rings (SSSR count). The summed E-state index contributed by atoms with van der Waals surface area (Å²) in [6.45, 7) is 0. The second-order valence-electron chi connectivity index (χ2n) is 5.24. The molecule has 4 N–H and O–H groups in total. The van der Waals surface area contributed by atoms with Gasteiger partial charge in [0.15, 0.2) is 6.10 Å². The van der Waals surface area contributed by atoms with Crippen molar-refractivity contribution >= 4 is 11.9 Å². The molecular formula is C18H20N2O3. The number of hydrogen-bond donors (Lipinski definition) is 2. The maximum absolute atomic E-state index is 12.1. The molecule has 2 aromatic carbocycles. The molecule has 120 valence electrons. The molecule has 1 amide bonds. The molecule has 0 spiro atoms. The summed E-state index contributed by atoms with van der Waals surface area (Å²) in [6.07, 6.45) is -0.278. The number of benzene rings is 2. The van der Waals surface area contributed by atoms with Crippen molar-refractivity contribution in [3.8, 4) is 0 Å². The topological polar surface area (TPSA) is 95.4 Å². The molecule has 0 radical (unpaired) electrons.